The van der Waals surface area contributed by atoms with Crippen molar-refractivity contribution in [3.63, 3.8) is 0 Å². The lowest BCUT2D eigenvalue weighted by Crippen LogP contribution is -3.03. The Bertz CT molecular complexity index is 720. The van der Waals surface area contributed by atoms with Crippen molar-refractivity contribution in [3.8, 4) is 0 Å². The summed E-state index contributed by atoms with van der Waals surface area (Å²) in [6.07, 6.45) is 0. The smallest absolute Gasteiger partial charge is 0.292 e. The van der Waals surface area contributed by atoms with Gasteiger partial charge in [0.15, 0.2) is 5.71 Å². The molecule has 1 unspecified atom stereocenters. The Hall–Kier alpha value is -2.31. The van der Waals surface area contributed by atoms with Gasteiger partial charge in [-0.25, -0.2) is 5.43 Å². The summed E-state index contributed by atoms with van der Waals surface area (Å²) >= 11 is 1.61. The number of hydrogen-bond donors (Lipinski definition) is 3. The topological polar surface area (TPSA) is 70.1 Å². The zero-order valence-corrected chi connectivity index (χ0v) is 14.3. The van der Waals surface area contributed by atoms with Crippen molar-refractivity contribution < 1.29 is 10.1 Å². The molecule has 5 nitrogen and oxygen atoms in total. The number of amides is 1. The Kier molecular flexibility index (Phi) is 5.17. The normalized spacial score (nSPS) is 20.0. The van der Waals surface area contributed by atoms with Crippen molar-refractivity contribution in [1.82, 2.24) is 10.7 Å². The highest BCUT2D eigenvalue weighted by molar-refractivity contribution is 8.00. The summed E-state index contributed by atoms with van der Waals surface area (Å²) in [4.78, 5) is 12.6. The summed E-state index contributed by atoms with van der Waals surface area (Å²) in [6.45, 7) is 2.81. The van der Waals surface area contributed by atoms with Crippen LogP contribution >= 0.6 is 11.8 Å². The molecule has 0 fully saturated rings. The molecule has 1 heterocycles. The Labute approximate surface area is 145 Å². The molecule has 2 aromatic carbocycles. The zero-order chi connectivity index (χ0) is 16.8. The number of quaternary nitrogens is 1. The molecule has 1 amide bonds. The molecule has 0 saturated carbocycles. The number of nitrogens with zero attached hydrogens (tertiary/aromatic N) is 1. The van der Waals surface area contributed by atoms with Crippen LogP contribution in [0, 0.1) is 0 Å². The average Bonchev–Trinajstić information content (AvgIpc) is 2.62. The maximum Gasteiger partial charge on any atom is 0.316 e. The molecule has 0 aromatic heterocycles. The minimum Gasteiger partial charge on any atom is -0.292 e. The summed E-state index contributed by atoms with van der Waals surface area (Å²) in [5.74, 6) is 0.694. The highest BCUT2D eigenvalue weighted by Gasteiger charge is 2.40. The van der Waals surface area contributed by atoms with Gasteiger partial charge in [0.1, 0.15) is 6.54 Å². The molecule has 0 spiro atoms. The predicted molar refractivity (Wildman–Crippen MR) is 97.2 cm³/mol. The van der Waals surface area contributed by atoms with E-state index >= 15 is 0 Å². The second-order valence-corrected chi connectivity index (χ2v) is 6.96. The maximum atomic E-state index is 12.6. The van der Waals surface area contributed by atoms with E-state index in [4.69, 9.17) is 0 Å². The fourth-order valence-corrected chi connectivity index (χ4v) is 3.50. The van der Waals surface area contributed by atoms with Crippen LogP contribution in [-0.4, -0.2) is 22.5 Å². The van der Waals surface area contributed by atoms with Gasteiger partial charge in [0.05, 0.1) is 0 Å². The number of benzene rings is 2. The molecule has 0 radical (unpaired) electrons. The summed E-state index contributed by atoms with van der Waals surface area (Å²) in [5.41, 5.74) is 5.56. The van der Waals surface area contributed by atoms with Gasteiger partial charge in [-0.15, -0.1) is 0 Å². The maximum absolute atomic E-state index is 12.6. The predicted octanol–water partition coefficient (Wildman–Crippen LogP) is 1.24. The molecule has 4 N–H and O–H groups in total. The van der Waals surface area contributed by atoms with Crippen LogP contribution in [0.2, 0.25) is 0 Å². The summed E-state index contributed by atoms with van der Waals surface area (Å²) < 4.78 is 0. The van der Waals surface area contributed by atoms with Crippen LogP contribution in [0.25, 0.3) is 0 Å². The van der Waals surface area contributed by atoms with Gasteiger partial charge in [-0.05, 0) is 11.8 Å². The third-order valence-corrected chi connectivity index (χ3v) is 4.84. The van der Waals surface area contributed by atoms with Crippen LogP contribution in [0.5, 0.6) is 0 Å². The first-order chi connectivity index (χ1) is 11.7. The van der Waals surface area contributed by atoms with E-state index in [1.165, 1.54) is 5.56 Å². The van der Waals surface area contributed by atoms with Crippen molar-refractivity contribution in [2.75, 3.05) is 5.75 Å². The van der Waals surface area contributed by atoms with E-state index in [1.54, 1.807) is 11.8 Å². The second kappa shape index (κ2) is 7.51. The summed E-state index contributed by atoms with van der Waals surface area (Å²) in [6, 6.07) is 19.7. The van der Waals surface area contributed by atoms with Gasteiger partial charge in [0.25, 0.3) is 5.91 Å². The van der Waals surface area contributed by atoms with E-state index in [-0.39, 0.29) is 5.91 Å². The number of carbonyl (C=O) groups is 1. The Morgan fingerprint density at radius 2 is 1.75 bits per heavy atom. The Balaban J connectivity index is 1.77. The first-order valence-corrected chi connectivity index (χ1v) is 8.96. The van der Waals surface area contributed by atoms with Crippen LogP contribution in [0.4, 0.5) is 0 Å². The third-order valence-electron chi connectivity index (χ3n) is 3.74. The first kappa shape index (κ1) is 16.5. The molecule has 0 bridgehead atoms. The van der Waals surface area contributed by atoms with Gasteiger partial charge in [0.2, 0.25) is 0 Å². The standard InChI is InChI=1S/C18H20N4OS/c1-2-24-18(19-13-14-9-5-3-6-10-14)20-17(23)16(21-22-18)15-11-7-4-8-12-15/h3-12,19,22H,2,13H2,1H3,(H,20,23)/p+1. The highest BCUT2D eigenvalue weighted by atomic mass is 32.2. The number of nitrogens with one attached hydrogen (secondary N) is 2. The molecule has 1 aliphatic rings. The number of carbonyl (C=O) groups excluding carboxylic acids is 1. The van der Waals surface area contributed by atoms with E-state index in [0.717, 1.165) is 17.9 Å². The molecule has 2 aromatic rings. The number of hydrazone groups is 1. The fraction of sp³-hybridized carbons (Fsp3) is 0.222. The highest BCUT2D eigenvalue weighted by Crippen LogP contribution is 2.16. The van der Waals surface area contributed by atoms with Gasteiger partial charge < -0.3 is 0 Å². The monoisotopic (exact) mass is 341 g/mol. The van der Waals surface area contributed by atoms with Crippen LogP contribution in [-0.2, 0) is 11.3 Å². The molecular weight excluding hydrogens is 320 g/mol. The number of rotatable bonds is 6. The molecule has 1 aliphatic heterocycles. The minimum atomic E-state index is -0.681. The molecule has 24 heavy (non-hydrogen) atoms. The largest absolute Gasteiger partial charge is 0.316 e. The van der Waals surface area contributed by atoms with Crippen molar-refractivity contribution in [3.05, 3.63) is 71.8 Å². The van der Waals surface area contributed by atoms with E-state index in [2.05, 4.69) is 40.2 Å². The quantitative estimate of drug-likeness (QED) is 0.693. The molecule has 0 saturated heterocycles. The first-order valence-electron chi connectivity index (χ1n) is 7.97. The second-order valence-electron chi connectivity index (χ2n) is 5.45. The van der Waals surface area contributed by atoms with E-state index < -0.39 is 5.12 Å². The van der Waals surface area contributed by atoms with E-state index in [0.29, 0.717) is 5.71 Å². The van der Waals surface area contributed by atoms with Crippen molar-refractivity contribution in [1.29, 1.82) is 0 Å². The van der Waals surface area contributed by atoms with Gasteiger partial charge in [-0.3, -0.25) is 15.4 Å². The molecule has 1 atom stereocenters. The van der Waals surface area contributed by atoms with Crippen LogP contribution in [0.3, 0.4) is 0 Å². The number of nitrogens with two attached hydrogens (primary N) is 1. The van der Waals surface area contributed by atoms with Crippen molar-refractivity contribution in [2.24, 2.45) is 5.10 Å². The van der Waals surface area contributed by atoms with Crippen molar-refractivity contribution >= 4 is 23.4 Å². The van der Waals surface area contributed by atoms with Crippen LogP contribution in [0.15, 0.2) is 65.8 Å². The average molecular weight is 341 g/mol. The molecule has 3 rings (SSSR count). The van der Waals surface area contributed by atoms with Crippen molar-refractivity contribution in [2.45, 2.75) is 18.6 Å². The lowest BCUT2D eigenvalue weighted by molar-refractivity contribution is -0.726. The minimum absolute atomic E-state index is 0.162. The lowest BCUT2D eigenvalue weighted by atomic mass is 10.1. The van der Waals surface area contributed by atoms with Gasteiger partial charge >= 0.3 is 5.12 Å². The van der Waals surface area contributed by atoms with Gasteiger partial charge in [0, 0.05) is 16.9 Å². The summed E-state index contributed by atoms with van der Waals surface area (Å²) in [5, 5.41) is 8.83. The van der Waals surface area contributed by atoms with E-state index in [1.807, 2.05) is 48.5 Å². The number of thioether (sulfide) groups is 1. The number of hydrogen-bond acceptors (Lipinski definition) is 4. The van der Waals surface area contributed by atoms with Gasteiger partial charge in [-0.2, -0.15) is 5.10 Å². The zero-order valence-electron chi connectivity index (χ0n) is 13.5. The molecule has 0 aliphatic carbocycles. The van der Waals surface area contributed by atoms with Gasteiger partial charge in [-0.1, -0.05) is 67.6 Å². The Morgan fingerprint density at radius 1 is 1.08 bits per heavy atom. The van der Waals surface area contributed by atoms with E-state index in [9.17, 15) is 4.79 Å². The lowest BCUT2D eigenvalue weighted by Gasteiger charge is -2.33. The summed E-state index contributed by atoms with van der Waals surface area (Å²) in [7, 11) is 0. The SMILES string of the molecule is CCSC1([NH2+]Cc2ccccc2)NN=C(c2ccccc2)C(=O)N1. The third kappa shape index (κ3) is 3.77. The fourth-order valence-electron chi connectivity index (χ4n) is 2.56. The molecule has 6 heteroatoms. The molecule has 124 valence electrons. The molecular formula is C18H21N4OS+. The van der Waals surface area contributed by atoms with Crippen LogP contribution in [0.1, 0.15) is 18.1 Å². The van der Waals surface area contributed by atoms with Crippen LogP contribution < -0.4 is 16.1 Å². The Morgan fingerprint density at radius 3 is 2.38 bits per heavy atom.